The smallest absolute Gasteiger partial charge is 0.313 e. The van der Waals surface area contributed by atoms with Crippen LogP contribution in [-0.4, -0.2) is 42.4 Å². The molecular weight excluding hydrogens is 304 g/mol. The van der Waals surface area contributed by atoms with Crippen LogP contribution in [0.5, 0.6) is 0 Å². The maximum atomic E-state index is 11.9. The predicted octanol–water partition coefficient (Wildman–Crippen LogP) is 1.68. The second kappa shape index (κ2) is 9.04. The fourth-order valence-electron chi connectivity index (χ4n) is 2.87. The number of hydrogen-bond donors (Lipinski definition) is 2. The van der Waals surface area contributed by atoms with Gasteiger partial charge in [-0.05, 0) is 44.0 Å². The maximum Gasteiger partial charge on any atom is 0.313 e. The van der Waals surface area contributed by atoms with Crippen LogP contribution >= 0.6 is 0 Å². The Morgan fingerprint density at radius 1 is 1.25 bits per heavy atom. The number of benzene rings is 1. The van der Waals surface area contributed by atoms with E-state index in [1.54, 1.807) is 24.3 Å². The molecule has 1 aliphatic rings. The molecule has 1 fully saturated rings. The van der Waals surface area contributed by atoms with E-state index in [2.05, 4.69) is 28.5 Å². The first-order valence-electron chi connectivity index (χ1n) is 8.39. The predicted molar refractivity (Wildman–Crippen MR) is 92.3 cm³/mol. The van der Waals surface area contributed by atoms with Gasteiger partial charge in [-0.2, -0.15) is 5.26 Å². The maximum absolute atomic E-state index is 11.9. The average molecular weight is 328 g/mol. The summed E-state index contributed by atoms with van der Waals surface area (Å²) < 4.78 is 0. The summed E-state index contributed by atoms with van der Waals surface area (Å²) in [5.41, 5.74) is 1.41. The molecule has 1 heterocycles. The van der Waals surface area contributed by atoms with Gasteiger partial charge in [0.15, 0.2) is 0 Å². The summed E-state index contributed by atoms with van der Waals surface area (Å²) in [5, 5.41) is 13.9. The molecule has 2 N–H and O–H groups in total. The van der Waals surface area contributed by atoms with E-state index < -0.39 is 11.8 Å². The molecule has 1 unspecified atom stereocenters. The van der Waals surface area contributed by atoms with Crippen molar-refractivity contribution in [1.82, 2.24) is 10.2 Å². The van der Waals surface area contributed by atoms with Crippen LogP contribution in [0.15, 0.2) is 24.3 Å². The van der Waals surface area contributed by atoms with Gasteiger partial charge in [0, 0.05) is 24.8 Å². The molecular formula is C18H24N4O2. The normalized spacial score (nSPS) is 17.8. The lowest BCUT2D eigenvalue weighted by Gasteiger charge is -2.33. The minimum atomic E-state index is -0.672. The molecule has 6 heteroatoms. The van der Waals surface area contributed by atoms with Crippen LogP contribution in [0.1, 0.15) is 31.7 Å². The van der Waals surface area contributed by atoms with Crippen molar-refractivity contribution in [2.75, 3.05) is 25.0 Å². The Balaban J connectivity index is 1.73. The molecule has 1 aromatic rings. The lowest BCUT2D eigenvalue weighted by molar-refractivity contribution is -0.136. The molecule has 0 saturated carbocycles. The van der Waals surface area contributed by atoms with Crippen molar-refractivity contribution in [3.05, 3.63) is 29.8 Å². The van der Waals surface area contributed by atoms with Gasteiger partial charge in [-0.25, -0.2) is 0 Å². The first kappa shape index (κ1) is 18.0. The van der Waals surface area contributed by atoms with Gasteiger partial charge in [-0.3, -0.25) is 14.5 Å². The Hall–Kier alpha value is -2.39. The lowest BCUT2D eigenvalue weighted by Crippen LogP contribution is -2.44. The molecule has 1 atom stereocenters. The summed E-state index contributed by atoms with van der Waals surface area (Å²) in [4.78, 5) is 26.1. The first-order valence-corrected chi connectivity index (χ1v) is 8.39. The number of anilines is 1. The third-order valence-corrected chi connectivity index (χ3v) is 4.33. The number of amides is 2. The SMILES string of the molecule is CC1CCCCN1CCNC(=O)C(=O)Nc1ccc(CC#N)cc1. The van der Waals surface area contributed by atoms with Crippen molar-refractivity contribution < 1.29 is 9.59 Å². The highest BCUT2D eigenvalue weighted by Crippen LogP contribution is 2.15. The number of nitrogens with zero attached hydrogens (tertiary/aromatic N) is 2. The van der Waals surface area contributed by atoms with Gasteiger partial charge in [0.1, 0.15) is 0 Å². The molecule has 0 bridgehead atoms. The van der Waals surface area contributed by atoms with Gasteiger partial charge in [-0.15, -0.1) is 0 Å². The molecule has 0 aliphatic carbocycles. The Labute approximate surface area is 142 Å². The van der Waals surface area contributed by atoms with Crippen LogP contribution in [0.2, 0.25) is 0 Å². The largest absolute Gasteiger partial charge is 0.347 e. The number of nitriles is 1. The minimum Gasteiger partial charge on any atom is -0.347 e. The van der Waals surface area contributed by atoms with Crippen molar-refractivity contribution in [2.45, 2.75) is 38.6 Å². The molecule has 2 rings (SSSR count). The average Bonchev–Trinajstić information content (AvgIpc) is 2.58. The van der Waals surface area contributed by atoms with Crippen LogP contribution in [0.25, 0.3) is 0 Å². The second-order valence-electron chi connectivity index (χ2n) is 6.12. The van der Waals surface area contributed by atoms with Crippen LogP contribution in [0, 0.1) is 11.3 Å². The third kappa shape index (κ3) is 5.36. The topological polar surface area (TPSA) is 85.2 Å². The van der Waals surface area contributed by atoms with E-state index in [0.717, 1.165) is 18.7 Å². The van der Waals surface area contributed by atoms with E-state index in [1.165, 1.54) is 19.3 Å². The number of rotatable bonds is 5. The first-order chi connectivity index (χ1) is 11.6. The van der Waals surface area contributed by atoms with Crippen LogP contribution in [0.3, 0.4) is 0 Å². The van der Waals surface area contributed by atoms with Crippen LogP contribution in [0.4, 0.5) is 5.69 Å². The Bertz CT molecular complexity index is 606. The fraction of sp³-hybridized carbons (Fsp3) is 0.500. The molecule has 2 amide bonds. The van der Waals surface area contributed by atoms with Crippen molar-refractivity contribution >= 4 is 17.5 Å². The number of likely N-dealkylation sites (tertiary alicyclic amines) is 1. The lowest BCUT2D eigenvalue weighted by atomic mass is 10.0. The highest BCUT2D eigenvalue weighted by Gasteiger charge is 2.18. The number of piperidine rings is 1. The van der Waals surface area contributed by atoms with Crippen molar-refractivity contribution in [3.63, 3.8) is 0 Å². The molecule has 1 aliphatic heterocycles. The van der Waals surface area contributed by atoms with E-state index in [0.29, 0.717) is 24.7 Å². The van der Waals surface area contributed by atoms with Gasteiger partial charge in [0.05, 0.1) is 12.5 Å². The zero-order valence-electron chi connectivity index (χ0n) is 14.0. The molecule has 1 aromatic carbocycles. The molecule has 6 nitrogen and oxygen atoms in total. The fourth-order valence-corrected chi connectivity index (χ4v) is 2.87. The molecule has 0 spiro atoms. The molecule has 24 heavy (non-hydrogen) atoms. The highest BCUT2D eigenvalue weighted by molar-refractivity contribution is 6.39. The molecule has 0 aromatic heterocycles. The number of hydrogen-bond acceptors (Lipinski definition) is 4. The summed E-state index contributed by atoms with van der Waals surface area (Å²) >= 11 is 0. The summed E-state index contributed by atoms with van der Waals surface area (Å²) in [6.45, 7) is 4.49. The Morgan fingerprint density at radius 3 is 2.67 bits per heavy atom. The molecule has 0 radical (unpaired) electrons. The monoisotopic (exact) mass is 328 g/mol. The van der Waals surface area contributed by atoms with Gasteiger partial charge < -0.3 is 10.6 Å². The highest BCUT2D eigenvalue weighted by atomic mass is 16.2. The summed E-state index contributed by atoms with van der Waals surface area (Å²) in [7, 11) is 0. The summed E-state index contributed by atoms with van der Waals surface area (Å²) in [5.74, 6) is -1.30. The Morgan fingerprint density at radius 2 is 2.00 bits per heavy atom. The zero-order chi connectivity index (χ0) is 17.4. The van der Waals surface area contributed by atoms with E-state index in [4.69, 9.17) is 5.26 Å². The molecule has 128 valence electrons. The van der Waals surface area contributed by atoms with Crippen LogP contribution in [-0.2, 0) is 16.0 Å². The van der Waals surface area contributed by atoms with Crippen LogP contribution < -0.4 is 10.6 Å². The minimum absolute atomic E-state index is 0.323. The molecule has 1 saturated heterocycles. The number of carbonyl (C=O) groups excluding carboxylic acids is 2. The third-order valence-electron chi connectivity index (χ3n) is 4.33. The van der Waals surface area contributed by atoms with Gasteiger partial charge in [0.25, 0.3) is 0 Å². The number of carbonyl (C=O) groups is 2. The van der Waals surface area contributed by atoms with Crippen molar-refractivity contribution in [2.24, 2.45) is 0 Å². The number of nitrogens with one attached hydrogen (secondary N) is 2. The van der Waals surface area contributed by atoms with Gasteiger partial charge in [-0.1, -0.05) is 18.6 Å². The second-order valence-corrected chi connectivity index (χ2v) is 6.12. The summed E-state index contributed by atoms with van der Waals surface area (Å²) in [6.07, 6.45) is 3.97. The van der Waals surface area contributed by atoms with E-state index in [1.807, 2.05) is 0 Å². The quantitative estimate of drug-likeness (QED) is 0.805. The Kier molecular flexibility index (Phi) is 6.76. The summed E-state index contributed by atoms with van der Waals surface area (Å²) in [6, 6.07) is 9.49. The van der Waals surface area contributed by atoms with Crippen molar-refractivity contribution in [3.8, 4) is 6.07 Å². The van der Waals surface area contributed by atoms with Gasteiger partial charge >= 0.3 is 11.8 Å². The van der Waals surface area contributed by atoms with E-state index in [9.17, 15) is 9.59 Å². The van der Waals surface area contributed by atoms with Gasteiger partial charge in [0.2, 0.25) is 0 Å². The zero-order valence-corrected chi connectivity index (χ0v) is 14.0. The standard InChI is InChI=1S/C18H24N4O2/c1-14-4-2-3-12-22(14)13-11-20-17(23)18(24)21-16-7-5-15(6-8-16)9-10-19/h5-8,14H,2-4,9,11-13H2,1H3,(H,20,23)(H,21,24). The van der Waals surface area contributed by atoms with E-state index >= 15 is 0 Å². The van der Waals surface area contributed by atoms with E-state index in [-0.39, 0.29) is 0 Å². The van der Waals surface area contributed by atoms with Crippen molar-refractivity contribution in [1.29, 1.82) is 5.26 Å².